The van der Waals surface area contributed by atoms with E-state index in [0.29, 0.717) is 18.1 Å². The van der Waals surface area contributed by atoms with Gasteiger partial charge in [0.25, 0.3) is 0 Å². The predicted molar refractivity (Wildman–Crippen MR) is 68.1 cm³/mol. The van der Waals surface area contributed by atoms with Crippen LogP contribution in [0.25, 0.3) is 0 Å². The number of ketones is 1. The van der Waals surface area contributed by atoms with Crippen molar-refractivity contribution in [1.82, 2.24) is 0 Å². The van der Waals surface area contributed by atoms with Gasteiger partial charge < -0.3 is 4.74 Å². The highest BCUT2D eigenvalue weighted by molar-refractivity contribution is 5.90. The van der Waals surface area contributed by atoms with E-state index in [-0.39, 0.29) is 5.60 Å². The van der Waals surface area contributed by atoms with Gasteiger partial charge in [0.05, 0.1) is 5.60 Å². The second-order valence-electron chi connectivity index (χ2n) is 6.08. The van der Waals surface area contributed by atoms with Crippen LogP contribution in [0.5, 0.6) is 0 Å². The van der Waals surface area contributed by atoms with Crippen molar-refractivity contribution in [3.05, 3.63) is 35.9 Å². The van der Waals surface area contributed by atoms with Crippen LogP contribution in [0.15, 0.2) is 30.3 Å². The Balaban J connectivity index is 1.83. The average molecular weight is 242 g/mol. The lowest BCUT2D eigenvalue weighted by Gasteiger charge is -2.39. The van der Waals surface area contributed by atoms with Crippen LogP contribution in [0.3, 0.4) is 0 Å². The number of benzene rings is 1. The normalized spacial score (nSPS) is 42.0. The van der Waals surface area contributed by atoms with Gasteiger partial charge in [-0.3, -0.25) is 4.79 Å². The maximum atomic E-state index is 12.5. The highest BCUT2D eigenvalue weighted by Gasteiger charge is 2.63. The summed E-state index contributed by atoms with van der Waals surface area (Å²) in [5, 5.41) is 0. The Hall–Kier alpha value is -1.15. The minimum absolute atomic E-state index is 0.0315. The molecular formula is C16H18O2. The lowest BCUT2D eigenvalue weighted by molar-refractivity contribution is -0.172. The number of Topliss-reactive ketones (excluding diaryl/α,β-unsaturated/α-hetero) is 1. The molecule has 18 heavy (non-hydrogen) atoms. The molecule has 3 fully saturated rings. The largest absolute Gasteiger partial charge is 0.356 e. The zero-order chi connectivity index (χ0) is 12.2. The molecule has 4 rings (SSSR count). The number of carbonyl (C=O) groups excluding carboxylic acids is 1. The summed E-state index contributed by atoms with van der Waals surface area (Å²) >= 11 is 0. The first kappa shape index (κ1) is 10.7. The van der Waals surface area contributed by atoms with Crippen molar-refractivity contribution in [3.63, 3.8) is 0 Å². The Bertz CT molecular complexity index is 495. The maximum Gasteiger partial charge on any atom is 0.169 e. The number of fused-ring (bicyclic) bond motifs is 1. The summed E-state index contributed by atoms with van der Waals surface area (Å²) in [6.07, 6.45) is 6.22. The molecule has 0 unspecified atom stereocenters. The van der Waals surface area contributed by atoms with Crippen LogP contribution in [-0.4, -0.2) is 11.4 Å². The number of hydrogen-bond donors (Lipinski definition) is 0. The maximum absolute atomic E-state index is 12.5. The molecule has 1 aromatic rings. The smallest absolute Gasteiger partial charge is 0.169 e. The van der Waals surface area contributed by atoms with Crippen LogP contribution in [0.1, 0.15) is 44.1 Å². The molecule has 0 aromatic heterocycles. The van der Waals surface area contributed by atoms with Crippen molar-refractivity contribution in [3.8, 4) is 0 Å². The van der Waals surface area contributed by atoms with Gasteiger partial charge in [-0.2, -0.15) is 0 Å². The van der Waals surface area contributed by atoms with Gasteiger partial charge in [-0.05, 0) is 37.2 Å². The summed E-state index contributed by atoms with van der Waals surface area (Å²) in [5.41, 5.74) is 0.498. The summed E-state index contributed by atoms with van der Waals surface area (Å²) in [5.74, 6) is 0.901. The first-order chi connectivity index (χ1) is 8.75. The topological polar surface area (TPSA) is 26.3 Å². The van der Waals surface area contributed by atoms with Crippen LogP contribution >= 0.6 is 0 Å². The number of rotatable bonds is 1. The van der Waals surface area contributed by atoms with Gasteiger partial charge in [-0.1, -0.05) is 36.8 Å². The lowest BCUT2D eigenvalue weighted by atomic mass is 9.83. The van der Waals surface area contributed by atoms with Gasteiger partial charge in [0, 0.05) is 6.42 Å². The lowest BCUT2D eigenvalue weighted by Crippen LogP contribution is -2.45. The van der Waals surface area contributed by atoms with Crippen molar-refractivity contribution in [2.45, 2.75) is 49.7 Å². The van der Waals surface area contributed by atoms with Gasteiger partial charge in [-0.15, -0.1) is 0 Å². The Morgan fingerprint density at radius 1 is 1.17 bits per heavy atom. The fourth-order valence-corrected chi connectivity index (χ4v) is 4.40. The molecule has 94 valence electrons. The molecule has 1 aromatic carbocycles. The van der Waals surface area contributed by atoms with E-state index in [9.17, 15) is 4.79 Å². The molecular weight excluding hydrogens is 224 g/mol. The molecule has 2 saturated heterocycles. The van der Waals surface area contributed by atoms with Gasteiger partial charge in [-0.25, -0.2) is 0 Å². The molecule has 1 aliphatic carbocycles. The molecule has 2 nitrogen and oxygen atoms in total. The molecule has 0 N–H and O–H groups in total. The fourth-order valence-electron chi connectivity index (χ4n) is 4.40. The third-order valence-electron chi connectivity index (χ3n) is 5.27. The average Bonchev–Trinajstić information content (AvgIpc) is 2.88. The quantitative estimate of drug-likeness (QED) is 0.756. The van der Waals surface area contributed by atoms with Crippen molar-refractivity contribution in [2.75, 3.05) is 0 Å². The van der Waals surface area contributed by atoms with Gasteiger partial charge >= 0.3 is 0 Å². The van der Waals surface area contributed by atoms with Crippen molar-refractivity contribution in [1.29, 1.82) is 0 Å². The first-order valence-electron chi connectivity index (χ1n) is 7.04. The van der Waals surface area contributed by atoms with E-state index in [4.69, 9.17) is 4.74 Å². The molecule has 0 amide bonds. The van der Waals surface area contributed by atoms with Gasteiger partial charge in [0.15, 0.2) is 11.4 Å². The number of ether oxygens (including phenoxy) is 1. The van der Waals surface area contributed by atoms with E-state index < -0.39 is 5.60 Å². The zero-order valence-corrected chi connectivity index (χ0v) is 10.5. The number of carbonyl (C=O) groups is 1. The van der Waals surface area contributed by atoms with Crippen LogP contribution in [-0.2, 0) is 15.1 Å². The molecule has 1 saturated carbocycles. The SMILES string of the molecule is O=C1CC[C@]23CCC[C@H]2C[C@@]1(c1ccccc1)O3. The zero-order valence-electron chi connectivity index (χ0n) is 10.5. The van der Waals surface area contributed by atoms with Crippen LogP contribution in [0.2, 0.25) is 0 Å². The van der Waals surface area contributed by atoms with E-state index >= 15 is 0 Å². The Kier molecular flexibility index (Phi) is 2.06. The fraction of sp³-hybridized carbons (Fsp3) is 0.562. The standard InChI is InChI=1S/C16H18O2/c17-14-8-10-15-9-4-7-13(15)11-16(14,18-15)12-5-2-1-3-6-12/h1-3,5-6,13H,4,7-11H2/t13-,15+,16-/m0/s1. The van der Waals surface area contributed by atoms with Crippen molar-refractivity contribution >= 4 is 5.78 Å². The molecule has 2 heteroatoms. The molecule has 3 atom stereocenters. The Labute approximate surface area is 107 Å². The van der Waals surface area contributed by atoms with Crippen LogP contribution < -0.4 is 0 Å². The van der Waals surface area contributed by atoms with Crippen molar-refractivity contribution in [2.24, 2.45) is 5.92 Å². The van der Waals surface area contributed by atoms with E-state index in [1.165, 1.54) is 12.8 Å². The van der Waals surface area contributed by atoms with E-state index in [1.54, 1.807) is 0 Å². The Morgan fingerprint density at radius 3 is 2.83 bits per heavy atom. The van der Waals surface area contributed by atoms with Gasteiger partial charge in [0.1, 0.15) is 0 Å². The second kappa shape index (κ2) is 3.45. The monoisotopic (exact) mass is 242 g/mol. The van der Waals surface area contributed by atoms with Crippen molar-refractivity contribution < 1.29 is 9.53 Å². The third-order valence-corrected chi connectivity index (χ3v) is 5.27. The summed E-state index contributed by atoms with van der Waals surface area (Å²) in [6, 6.07) is 10.1. The predicted octanol–water partition coefficient (Wildman–Crippen LogP) is 3.20. The molecule has 2 heterocycles. The van der Waals surface area contributed by atoms with Crippen LogP contribution in [0, 0.1) is 5.92 Å². The molecule has 3 aliphatic rings. The minimum atomic E-state index is -0.607. The first-order valence-corrected chi connectivity index (χ1v) is 7.04. The van der Waals surface area contributed by atoms with E-state index in [2.05, 4.69) is 12.1 Å². The summed E-state index contributed by atoms with van der Waals surface area (Å²) in [6.45, 7) is 0. The highest BCUT2D eigenvalue weighted by Crippen LogP contribution is 2.60. The Morgan fingerprint density at radius 2 is 2.00 bits per heavy atom. The highest BCUT2D eigenvalue weighted by atomic mass is 16.5. The van der Waals surface area contributed by atoms with Gasteiger partial charge in [0.2, 0.25) is 0 Å². The van der Waals surface area contributed by atoms with E-state index in [1.807, 2.05) is 18.2 Å². The summed E-state index contributed by atoms with van der Waals surface area (Å²) < 4.78 is 6.45. The molecule has 2 aliphatic heterocycles. The minimum Gasteiger partial charge on any atom is -0.356 e. The molecule has 2 bridgehead atoms. The number of hydrogen-bond acceptors (Lipinski definition) is 2. The van der Waals surface area contributed by atoms with E-state index in [0.717, 1.165) is 24.8 Å². The summed E-state index contributed by atoms with van der Waals surface area (Å²) in [7, 11) is 0. The third kappa shape index (κ3) is 1.19. The molecule has 0 radical (unpaired) electrons. The molecule has 1 spiro atoms. The second-order valence-corrected chi connectivity index (χ2v) is 6.08. The van der Waals surface area contributed by atoms with Crippen LogP contribution in [0.4, 0.5) is 0 Å². The summed E-state index contributed by atoms with van der Waals surface area (Å²) in [4.78, 5) is 12.5.